The second-order valence-corrected chi connectivity index (χ2v) is 5.41. The Morgan fingerprint density at radius 2 is 2.00 bits per heavy atom. The van der Waals surface area contributed by atoms with Gasteiger partial charge in [-0.05, 0) is 38.1 Å². The van der Waals surface area contributed by atoms with E-state index >= 15 is 0 Å². The van der Waals surface area contributed by atoms with Crippen LogP contribution in [-0.4, -0.2) is 34.6 Å². The van der Waals surface area contributed by atoms with E-state index in [2.05, 4.69) is 0 Å². The Morgan fingerprint density at radius 1 is 1.45 bits per heavy atom. The Kier molecular flexibility index (Phi) is 5.26. The number of hydrogen-bond donors (Lipinski definition) is 2. The van der Waals surface area contributed by atoms with Crippen LogP contribution in [0.15, 0.2) is 24.3 Å². The summed E-state index contributed by atoms with van der Waals surface area (Å²) >= 11 is 0. The fraction of sp³-hybridized carbons (Fsp3) is 0.467. The largest absolute Gasteiger partial charge is 0.389 e. The molecule has 0 fully saturated rings. The lowest BCUT2D eigenvalue weighted by Gasteiger charge is -2.33. The number of carbonyl (C=O) groups is 1. The van der Waals surface area contributed by atoms with Gasteiger partial charge in [0.15, 0.2) is 0 Å². The van der Waals surface area contributed by atoms with Gasteiger partial charge in [-0.25, -0.2) is 0 Å². The van der Waals surface area contributed by atoms with Crippen molar-refractivity contribution in [2.24, 2.45) is 5.73 Å². The molecule has 5 heteroatoms. The minimum atomic E-state index is -0.920. The lowest BCUT2D eigenvalue weighted by molar-refractivity contribution is -0.124. The van der Waals surface area contributed by atoms with Gasteiger partial charge < -0.3 is 10.8 Å². The molecule has 0 saturated heterocycles. The van der Waals surface area contributed by atoms with Gasteiger partial charge in [-0.15, -0.1) is 0 Å². The maximum atomic E-state index is 11.8. The number of benzene rings is 1. The highest BCUT2D eigenvalue weighted by Crippen LogP contribution is 2.22. The standard InChI is InChI=1S/C15H21N3O2/c1-4-18(10-15(2,3)20)13(14(17)19)12-7-5-11(9-16)6-8-12/h5-8,13,20H,4,10H2,1-3H3,(H2,17,19). The Balaban J connectivity index is 3.08. The highest BCUT2D eigenvalue weighted by molar-refractivity contribution is 5.81. The molecule has 20 heavy (non-hydrogen) atoms. The van der Waals surface area contributed by atoms with E-state index in [1.165, 1.54) is 0 Å². The van der Waals surface area contributed by atoms with Crippen molar-refractivity contribution < 1.29 is 9.90 Å². The van der Waals surface area contributed by atoms with Crippen molar-refractivity contribution in [3.05, 3.63) is 35.4 Å². The molecule has 1 aromatic carbocycles. The lowest BCUT2D eigenvalue weighted by atomic mass is 10.0. The minimum Gasteiger partial charge on any atom is -0.389 e. The van der Waals surface area contributed by atoms with Crippen molar-refractivity contribution in [1.29, 1.82) is 5.26 Å². The molecule has 1 rings (SSSR count). The van der Waals surface area contributed by atoms with Crippen LogP contribution in [0.1, 0.15) is 37.9 Å². The first-order valence-corrected chi connectivity index (χ1v) is 6.54. The summed E-state index contributed by atoms with van der Waals surface area (Å²) in [4.78, 5) is 13.6. The van der Waals surface area contributed by atoms with Gasteiger partial charge in [0.2, 0.25) is 5.91 Å². The second kappa shape index (κ2) is 6.51. The average Bonchev–Trinajstić information content (AvgIpc) is 2.36. The van der Waals surface area contributed by atoms with Crippen LogP contribution in [-0.2, 0) is 4.79 Å². The highest BCUT2D eigenvalue weighted by Gasteiger charge is 2.28. The molecular weight excluding hydrogens is 254 g/mol. The number of nitrogens with zero attached hydrogens (tertiary/aromatic N) is 2. The minimum absolute atomic E-state index is 0.330. The lowest BCUT2D eigenvalue weighted by Crippen LogP contribution is -2.45. The number of amides is 1. The van der Waals surface area contributed by atoms with Crippen molar-refractivity contribution in [3.63, 3.8) is 0 Å². The zero-order valence-electron chi connectivity index (χ0n) is 12.1. The summed E-state index contributed by atoms with van der Waals surface area (Å²) in [5, 5.41) is 18.7. The van der Waals surface area contributed by atoms with Gasteiger partial charge in [-0.3, -0.25) is 9.69 Å². The van der Waals surface area contributed by atoms with Gasteiger partial charge in [-0.2, -0.15) is 5.26 Å². The quantitative estimate of drug-likeness (QED) is 0.815. The average molecular weight is 275 g/mol. The predicted molar refractivity (Wildman–Crippen MR) is 76.6 cm³/mol. The third-order valence-electron chi connectivity index (χ3n) is 2.99. The van der Waals surface area contributed by atoms with Crippen molar-refractivity contribution in [3.8, 4) is 6.07 Å². The van der Waals surface area contributed by atoms with Crippen molar-refractivity contribution >= 4 is 5.91 Å². The SMILES string of the molecule is CCN(CC(C)(C)O)C(C(N)=O)c1ccc(C#N)cc1. The Morgan fingerprint density at radius 3 is 2.35 bits per heavy atom. The van der Waals surface area contributed by atoms with Gasteiger partial charge in [0.05, 0.1) is 17.2 Å². The van der Waals surface area contributed by atoms with Crippen LogP contribution in [0.2, 0.25) is 0 Å². The summed E-state index contributed by atoms with van der Waals surface area (Å²) in [7, 11) is 0. The van der Waals surface area contributed by atoms with E-state index in [-0.39, 0.29) is 0 Å². The van der Waals surface area contributed by atoms with Gasteiger partial charge in [-0.1, -0.05) is 19.1 Å². The first-order valence-electron chi connectivity index (χ1n) is 6.54. The number of primary amides is 1. The molecule has 0 aliphatic heterocycles. The van der Waals surface area contributed by atoms with Crippen LogP contribution in [0.5, 0.6) is 0 Å². The number of carbonyl (C=O) groups excluding carboxylic acids is 1. The third-order valence-corrected chi connectivity index (χ3v) is 2.99. The molecule has 0 radical (unpaired) electrons. The van der Waals surface area contributed by atoms with Crippen LogP contribution in [0.3, 0.4) is 0 Å². The van der Waals surface area contributed by atoms with Crippen LogP contribution in [0, 0.1) is 11.3 Å². The number of nitriles is 1. The van der Waals surface area contributed by atoms with Crippen LogP contribution in [0.4, 0.5) is 0 Å². The molecule has 1 unspecified atom stereocenters. The Bertz CT molecular complexity index is 497. The van der Waals surface area contributed by atoms with Crippen LogP contribution >= 0.6 is 0 Å². The van der Waals surface area contributed by atoms with E-state index in [0.29, 0.717) is 18.7 Å². The van der Waals surface area contributed by atoms with E-state index < -0.39 is 17.6 Å². The maximum absolute atomic E-state index is 11.8. The van der Waals surface area contributed by atoms with E-state index in [1.807, 2.05) is 17.9 Å². The topological polar surface area (TPSA) is 90.3 Å². The van der Waals surface area contributed by atoms with Crippen LogP contribution in [0.25, 0.3) is 0 Å². The predicted octanol–water partition coefficient (Wildman–Crippen LogP) is 1.18. The van der Waals surface area contributed by atoms with E-state index in [4.69, 9.17) is 11.0 Å². The summed E-state index contributed by atoms with van der Waals surface area (Å²) in [6, 6.07) is 8.18. The van der Waals surface area contributed by atoms with Crippen molar-refractivity contribution in [1.82, 2.24) is 4.90 Å². The molecule has 1 atom stereocenters. The number of hydrogen-bond acceptors (Lipinski definition) is 4. The zero-order valence-corrected chi connectivity index (χ0v) is 12.1. The van der Waals surface area contributed by atoms with Crippen molar-refractivity contribution in [2.75, 3.05) is 13.1 Å². The Hall–Kier alpha value is -1.90. The summed E-state index contributed by atoms with van der Waals surface area (Å²) in [5.41, 5.74) is 5.84. The fourth-order valence-corrected chi connectivity index (χ4v) is 2.18. The first-order chi connectivity index (χ1) is 9.28. The van der Waals surface area contributed by atoms with Gasteiger partial charge in [0.1, 0.15) is 6.04 Å². The summed E-state index contributed by atoms with van der Waals surface area (Å²) < 4.78 is 0. The summed E-state index contributed by atoms with van der Waals surface area (Å²) in [5.74, 6) is -0.471. The number of aliphatic hydroxyl groups is 1. The summed E-state index contributed by atoms with van der Waals surface area (Å²) in [6.07, 6.45) is 0. The Labute approximate surface area is 119 Å². The second-order valence-electron chi connectivity index (χ2n) is 5.41. The summed E-state index contributed by atoms with van der Waals surface area (Å²) in [6.45, 7) is 6.19. The molecule has 108 valence electrons. The number of nitrogens with two attached hydrogens (primary N) is 1. The van der Waals surface area contributed by atoms with Gasteiger partial charge in [0.25, 0.3) is 0 Å². The third kappa shape index (κ3) is 4.34. The molecule has 0 heterocycles. The number of likely N-dealkylation sites (N-methyl/N-ethyl adjacent to an activating group) is 1. The highest BCUT2D eigenvalue weighted by atomic mass is 16.3. The normalized spacial score (nSPS) is 13.0. The maximum Gasteiger partial charge on any atom is 0.239 e. The molecule has 0 bridgehead atoms. The molecule has 1 aromatic rings. The molecule has 0 spiro atoms. The molecule has 0 aliphatic rings. The van der Waals surface area contributed by atoms with E-state index in [9.17, 15) is 9.90 Å². The molecule has 5 nitrogen and oxygen atoms in total. The van der Waals surface area contributed by atoms with E-state index in [1.54, 1.807) is 38.1 Å². The van der Waals surface area contributed by atoms with Gasteiger partial charge in [0, 0.05) is 6.54 Å². The number of rotatable bonds is 6. The zero-order chi connectivity index (χ0) is 15.3. The molecular formula is C15H21N3O2. The fourth-order valence-electron chi connectivity index (χ4n) is 2.18. The molecule has 0 aromatic heterocycles. The van der Waals surface area contributed by atoms with Crippen LogP contribution < -0.4 is 5.73 Å². The van der Waals surface area contributed by atoms with E-state index in [0.717, 1.165) is 5.56 Å². The smallest absolute Gasteiger partial charge is 0.239 e. The van der Waals surface area contributed by atoms with Crippen molar-refractivity contribution in [2.45, 2.75) is 32.4 Å². The first kappa shape index (κ1) is 16.2. The molecule has 0 aliphatic carbocycles. The van der Waals surface area contributed by atoms with Gasteiger partial charge >= 0.3 is 0 Å². The molecule has 1 amide bonds. The molecule has 0 saturated carbocycles. The monoisotopic (exact) mass is 275 g/mol. The molecule has 3 N–H and O–H groups in total.